The zero-order valence-electron chi connectivity index (χ0n) is 11.8. The fourth-order valence-corrected chi connectivity index (χ4v) is 3.65. The van der Waals surface area contributed by atoms with Gasteiger partial charge in [-0.1, -0.05) is 36.8 Å². The summed E-state index contributed by atoms with van der Waals surface area (Å²) in [6.45, 7) is 0.891. The second-order valence-corrected chi connectivity index (χ2v) is 6.33. The van der Waals surface area contributed by atoms with Gasteiger partial charge in [-0.3, -0.25) is 0 Å². The Kier molecular flexibility index (Phi) is 3.78. The van der Waals surface area contributed by atoms with Crippen LogP contribution < -0.4 is 5.32 Å². The standard InChI is InChI=1S/C17H22N2O/c18-12-17(14-6-2-1-3-7-14)9-15(10-17)19-11-13-5-4-8-16(13)20/h1-3,6-7,13,15-16,19-20H,4-5,8-11H2. The van der Waals surface area contributed by atoms with Crippen LogP contribution in [0.1, 0.15) is 37.7 Å². The Bertz CT molecular complexity index is 487. The van der Waals surface area contributed by atoms with Crippen molar-refractivity contribution in [2.75, 3.05) is 6.54 Å². The number of nitriles is 1. The summed E-state index contributed by atoms with van der Waals surface area (Å²) in [7, 11) is 0. The maximum atomic E-state index is 9.83. The second-order valence-electron chi connectivity index (χ2n) is 6.33. The molecule has 3 rings (SSSR count). The molecule has 0 radical (unpaired) electrons. The van der Waals surface area contributed by atoms with Crippen LogP contribution in [0.3, 0.4) is 0 Å². The molecule has 0 bridgehead atoms. The Hall–Kier alpha value is -1.37. The topological polar surface area (TPSA) is 56.0 Å². The average molecular weight is 270 g/mol. The summed E-state index contributed by atoms with van der Waals surface area (Å²) in [5, 5.41) is 22.9. The normalized spacial score (nSPS) is 36.3. The van der Waals surface area contributed by atoms with Gasteiger partial charge >= 0.3 is 0 Å². The quantitative estimate of drug-likeness (QED) is 0.883. The number of hydrogen-bond donors (Lipinski definition) is 2. The molecule has 0 saturated heterocycles. The van der Waals surface area contributed by atoms with Crippen LogP contribution in [-0.2, 0) is 5.41 Å². The highest BCUT2D eigenvalue weighted by Crippen LogP contribution is 2.43. The van der Waals surface area contributed by atoms with Gasteiger partial charge < -0.3 is 10.4 Å². The van der Waals surface area contributed by atoms with Crippen molar-refractivity contribution in [1.29, 1.82) is 5.26 Å². The van der Waals surface area contributed by atoms with E-state index in [0.29, 0.717) is 12.0 Å². The SMILES string of the molecule is N#CC1(c2ccccc2)CC(NCC2CCCC2O)C1. The molecule has 2 N–H and O–H groups in total. The summed E-state index contributed by atoms with van der Waals surface area (Å²) in [5.41, 5.74) is 0.842. The molecule has 0 spiro atoms. The van der Waals surface area contributed by atoms with Crippen LogP contribution in [0.25, 0.3) is 0 Å². The first-order valence-electron chi connectivity index (χ1n) is 7.62. The van der Waals surface area contributed by atoms with Crippen LogP contribution in [0.4, 0.5) is 0 Å². The fourth-order valence-electron chi connectivity index (χ4n) is 3.65. The average Bonchev–Trinajstić information content (AvgIpc) is 2.84. The van der Waals surface area contributed by atoms with Gasteiger partial charge in [-0.2, -0.15) is 5.26 Å². The molecule has 2 aliphatic rings. The third kappa shape index (κ3) is 2.46. The first kappa shape index (κ1) is 13.6. The lowest BCUT2D eigenvalue weighted by Crippen LogP contribution is -2.52. The van der Waals surface area contributed by atoms with Crippen molar-refractivity contribution in [1.82, 2.24) is 5.32 Å². The lowest BCUT2D eigenvalue weighted by Gasteiger charge is -2.44. The zero-order chi connectivity index (χ0) is 14.0. The minimum atomic E-state index is -0.298. The predicted molar refractivity (Wildman–Crippen MR) is 78.1 cm³/mol. The summed E-state index contributed by atoms with van der Waals surface area (Å²) in [5.74, 6) is 0.406. The Labute approximate surface area is 120 Å². The van der Waals surface area contributed by atoms with Crippen molar-refractivity contribution < 1.29 is 5.11 Å². The minimum Gasteiger partial charge on any atom is -0.393 e. The third-order valence-corrected chi connectivity index (χ3v) is 5.02. The molecule has 2 fully saturated rings. The van der Waals surface area contributed by atoms with Gasteiger partial charge in [0.05, 0.1) is 17.6 Å². The van der Waals surface area contributed by atoms with E-state index >= 15 is 0 Å². The lowest BCUT2D eigenvalue weighted by atomic mass is 9.62. The molecule has 0 heterocycles. The molecular formula is C17H22N2O. The molecule has 0 aromatic heterocycles. The number of nitrogens with zero attached hydrogens (tertiary/aromatic N) is 1. The van der Waals surface area contributed by atoms with E-state index < -0.39 is 0 Å². The largest absolute Gasteiger partial charge is 0.393 e. The van der Waals surface area contributed by atoms with Crippen molar-refractivity contribution >= 4 is 0 Å². The van der Waals surface area contributed by atoms with Gasteiger partial charge in [0, 0.05) is 12.6 Å². The maximum Gasteiger partial charge on any atom is 0.0852 e. The highest BCUT2D eigenvalue weighted by Gasteiger charge is 2.46. The van der Waals surface area contributed by atoms with Crippen molar-refractivity contribution in [2.24, 2.45) is 5.92 Å². The minimum absolute atomic E-state index is 0.127. The number of aliphatic hydroxyl groups excluding tert-OH is 1. The van der Waals surface area contributed by atoms with Gasteiger partial charge in [0.25, 0.3) is 0 Å². The summed E-state index contributed by atoms with van der Waals surface area (Å²) in [6, 6.07) is 13.0. The summed E-state index contributed by atoms with van der Waals surface area (Å²) in [6.07, 6.45) is 4.86. The fraction of sp³-hybridized carbons (Fsp3) is 0.588. The van der Waals surface area contributed by atoms with Crippen LogP contribution in [0, 0.1) is 17.2 Å². The molecule has 2 atom stereocenters. The van der Waals surface area contributed by atoms with E-state index in [9.17, 15) is 10.4 Å². The van der Waals surface area contributed by atoms with Gasteiger partial charge in [-0.05, 0) is 37.2 Å². The number of benzene rings is 1. The van der Waals surface area contributed by atoms with Gasteiger partial charge in [0.1, 0.15) is 0 Å². The zero-order valence-corrected chi connectivity index (χ0v) is 11.8. The number of aliphatic hydroxyl groups is 1. The first-order chi connectivity index (χ1) is 9.73. The molecule has 0 amide bonds. The number of rotatable bonds is 4. The Morgan fingerprint density at radius 3 is 2.60 bits per heavy atom. The predicted octanol–water partition coefficient (Wildman–Crippen LogP) is 2.36. The summed E-state index contributed by atoms with van der Waals surface area (Å²) in [4.78, 5) is 0. The summed E-state index contributed by atoms with van der Waals surface area (Å²) < 4.78 is 0. The van der Waals surface area contributed by atoms with Crippen LogP contribution >= 0.6 is 0 Å². The van der Waals surface area contributed by atoms with E-state index in [0.717, 1.165) is 44.2 Å². The van der Waals surface area contributed by atoms with Crippen molar-refractivity contribution in [3.63, 3.8) is 0 Å². The van der Waals surface area contributed by atoms with Crippen LogP contribution in [0.5, 0.6) is 0 Å². The second kappa shape index (κ2) is 5.55. The molecule has 0 aliphatic heterocycles. The van der Waals surface area contributed by atoms with E-state index in [-0.39, 0.29) is 11.5 Å². The monoisotopic (exact) mass is 270 g/mol. The number of nitrogens with one attached hydrogen (secondary N) is 1. The first-order valence-corrected chi connectivity index (χ1v) is 7.62. The van der Waals surface area contributed by atoms with E-state index in [1.165, 1.54) is 0 Å². The van der Waals surface area contributed by atoms with Crippen LogP contribution in [-0.4, -0.2) is 23.8 Å². The van der Waals surface area contributed by atoms with Crippen LogP contribution in [0.2, 0.25) is 0 Å². The molecule has 1 aromatic carbocycles. The smallest absolute Gasteiger partial charge is 0.0852 e. The molecule has 2 unspecified atom stereocenters. The molecule has 3 heteroatoms. The highest BCUT2D eigenvalue weighted by molar-refractivity contribution is 5.36. The van der Waals surface area contributed by atoms with Crippen molar-refractivity contribution in [3.8, 4) is 6.07 Å². The summed E-state index contributed by atoms with van der Waals surface area (Å²) >= 11 is 0. The molecule has 2 saturated carbocycles. The van der Waals surface area contributed by atoms with Gasteiger partial charge in [0.15, 0.2) is 0 Å². The van der Waals surface area contributed by atoms with Gasteiger partial charge in [0.2, 0.25) is 0 Å². The van der Waals surface area contributed by atoms with E-state index in [4.69, 9.17) is 0 Å². The third-order valence-electron chi connectivity index (χ3n) is 5.02. The number of hydrogen-bond acceptors (Lipinski definition) is 3. The molecule has 3 nitrogen and oxygen atoms in total. The Morgan fingerprint density at radius 1 is 1.25 bits per heavy atom. The van der Waals surface area contributed by atoms with Crippen LogP contribution in [0.15, 0.2) is 30.3 Å². The molecule has 2 aliphatic carbocycles. The van der Waals surface area contributed by atoms with E-state index in [1.807, 2.05) is 18.2 Å². The lowest BCUT2D eigenvalue weighted by molar-refractivity contribution is 0.122. The van der Waals surface area contributed by atoms with E-state index in [1.54, 1.807) is 0 Å². The Balaban J connectivity index is 1.53. The maximum absolute atomic E-state index is 9.83. The van der Waals surface area contributed by atoms with Gasteiger partial charge in [-0.15, -0.1) is 0 Å². The van der Waals surface area contributed by atoms with Crippen molar-refractivity contribution in [2.45, 2.75) is 49.7 Å². The molecule has 106 valence electrons. The van der Waals surface area contributed by atoms with Crippen molar-refractivity contribution in [3.05, 3.63) is 35.9 Å². The Morgan fingerprint density at radius 2 is 2.00 bits per heavy atom. The molecule has 1 aromatic rings. The van der Waals surface area contributed by atoms with Gasteiger partial charge in [-0.25, -0.2) is 0 Å². The molecular weight excluding hydrogens is 248 g/mol. The van der Waals surface area contributed by atoms with E-state index in [2.05, 4.69) is 23.5 Å². The highest BCUT2D eigenvalue weighted by atomic mass is 16.3. The molecule has 20 heavy (non-hydrogen) atoms.